The van der Waals surface area contributed by atoms with E-state index < -0.39 is 6.17 Å². The molecule has 2 heteroatoms. The second kappa shape index (κ2) is 3.81. The van der Waals surface area contributed by atoms with Crippen LogP contribution in [0.3, 0.4) is 0 Å². The van der Waals surface area contributed by atoms with E-state index in [0.717, 1.165) is 12.1 Å². The largest absolute Gasteiger partial charge is 0.293 e. The van der Waals surface area contributed by atoms with Gasteiger partial charge in [0.2, 0.25) is 0 Å². The van der Waals surface area contributed by atoms with Gasteiger partial charge in [-0.3, -0.25) is 4.90 Å². The summed E-state index contributed by atoms with van der Waals surface area (Å²) in [4.78, 5) is 2.08. The van der Waals surface area contributed by atoms with E-state index in [0.29, 0.717) is 13.1 Å². The van der Waals surface area contributed by atoms with Gasteiger partial charge in [0.05, 0.1) is 0 Å². The molecular formula is C12H12FN. The Morgan fingerprint density at radius 2 is 2.00 bits per heavy atom. The number of likely N-dealkylation sites (tertiary alicyclic amines) is 1. The molecule has 0 N–H and O–H groups in total. The SMILES string of the molecule is C#Cc1ccc(CN2CC(F)C2)cc1. The molecule has 1 nitrogen and oxygen atoms in total. The standard InChI is InChI=1S/C12H12FN/c1-2-10-3-5-11(6-4-10)7-14-8-12(13)9-14/h1,3-6,12H,7-9H2. The molecule has 0 atom stereocenters. The van der Waals surface area contributed by atoms with Gasteiger partial charge in [-0.25, -0.2) is 4.39 Å². The van der Waals surface area contributed by atoms with Gasteiger partial charge >= 0.3 is 0 Å². The molecule has 0 aromatic heterocycles. The Morgan fingerprint density at radius 3 is 2.50 bits per heavy atom. The fourth-order valence-corrected chi connectivity index (χ4v) is 1.60. The molecule has 0 amide bonds. The summed E-state index contributed by atoms with van der Waals surface area (Å²) < 4.78 is 12.5. The van der Waals surface area contributed by atoms with Crippen molar-refractivity contribution in [2.24, 2.45) is 0 Å². The third-order valence-corrected chi connectivity index (χ3v) is 2.44. The molecule has 1 aliphatic heterocycles. The lowest BCUT2D eigenvalue weighted by atomic mass is 10.1. The van der Waals surface area contributed by atoms with Crippen molar-refractivity contribution in [2.45, 2.75) is 12.7 Å². The van der Waals surface area contributed by atoms with Crippen LogP contribution in [-0.4, -0.2) is 24.2 Å². The summed E-state index contributed by atoms with van der Waals surface area (Å²) in [5, 5.41) is 0. The molecule has 1 aliphatic rings. The van der Waals surface area contributed by atoms with Crippen LogP contribution < -0.4 is 0 Å². The van der Waals surface area contributed by atoms with E-state index in [9.17, 15) is 4.39 Å². The average Bonchev–Trinajstić information content (AvgIpc) is 2.17. The van der Waals surface area contributed by atoms with Crippen molar-refractivity contribution in [1.82, 2.24) is 4.90 Å². The number of benzene rings is 1. The van der Waals surface area contributed by atoms with Crippen LogP contribution in [0.25, 0.3) is 0 Å². The van der Waals surface area contributed by atoms with Crippen LogP contribution in [0, 0.1) is 12.3 Å². The summed E-state index contributed by atoms with van der Waals surface area (Å²) in [6.07, 6.45) is 4.62. The lowest BCUT2D eigenvalue weighted by Gasteiger charge is -2.34. The lowest BCUT2D eigenvalue weighted by molar-refractivity contribution is 0.0591. The Kier molecular flexibility index (Phi) is 2.51. The molecule has 2 rings (SSSR count). The number of nitrogens with zero attached hydrogens (tertiary/aromatic N) is 1. The molecule has 0 unspecified atom stereocenters. The summed E-state index contributed by atoms with van der Waals surface area (Å²) in [6, 6.07) is 7.84. The second-order valence-electron chi connectivity index (χ2n) is 3.63. The van der Waals surface area contributed by atoms with Crippen LogP contribution in [0.15, 0.2) is 24.3 Å². The van der Waals surface area contributed by atoms with Crippen molar-refractivity contribution >= 4 is 0 Å². The highest BCUT2D eigenvalue weighted by Gasteiger charge is 2.25. The molecule has 1 heterocycles. The maximum Gasteiger partial charge on any atom is 0.125 e. The quantitative estimate of drug-likeness (QED) is 0.641. The van der Waals surface area contributed by atoms with E-state index in [1.54, 1.807) is 0 Å². The fraction of sp³-hybridized carbons (Fsp3) is 0.333. The van der Waals surface area contributed by atoms with Crippen molar-refractivity contribution in [1.29, 1.82) is 0 Å². The number of terminal acetylenes is 1. The highest BCUT2D eigenvalue weighted by atomic mass is 19.1. The molecule has 1 aromatic carbocycles. The molecule has 0 radical (unpaired) electrons. The van der Waals surface area contributed by atoms with Gasteiger partial charge in [-0.1, -0.05) is 18.1 Å². The molecule has 72 valence electrons. The lowest BCUT2D eigenvalue weighted by Crippen LogP contribution is -2.47. The van der Waals surface area contributed by atoms with E-state index in [2.05, 4.69) is 10.8 Å². The van der Waals surface area contributed by atoms with Gasteiger partial charge in [0.15, 0.2) is 0 Å². The zero-order chi connectivity index (χ0) is 9.97. The first-order chi connectivity index (χ1) is 6.78. The number of alkyl halides is 1. The summed E-state index contributed by atoms with van der Waals surface area (Å²) in [5.74, 6) is 2.57. The zero-order valence-corrected chi connectivity index (χ0v) is 7.91. The number of hydrogen-bond acceptors (Lipinski definition) is 1. The molecule has 0 saturated carbocycles. The molecule has 1 saturated heterocycles. The molecule has 0 spiro atoms. The third kappa shape index (κ3) is 1.94. The number of rotatable bonds is 2. The predicted molar refractivity (Wildman–Crippen MR) is 54.6 cm³/mol. The third-order valence-electron chi connectivity index (χ3n) is 2.44. The maximum atomic E-state index is 12.5. The van der Waals surface area contributed by atoms with Crippen LogP contribution in [0.4, 0.5) is 4.39 Å². The van der Waals surface area contributed by atoms with Crippen molar-refractivity contribution in [3.63, 3.8) is 0 Å². The molecular weight excluding hydrogens is 177 g/mol. The van der Waals surface area contributed by atoms with E-state index in [-0.39, 0.29) is 0 Å². The topological polar surface area (TPSA) is 3.24 Å². The first-order valence-corrected chi connectivity index (χ1v) is 4.70. The van der Waals surface area contributed by atoms with Crippen molar-refractivity contribution in [2.75, 3.05) is 13.1 Å². The van der Waals surface area contributed by atoms with Gasteiger partial charge in [-0.15, -0.1) is 6.42 Å². The summed E-state index contributed by atoms with van der Waals surface area (Å²) in [5.41, 5.74) is 2.08. The summed E-state index contributed by atoms with van der Waals surface area (Å²) in [7, 11) is 0. The van der Waals surface area contributed by atoms with E-state index >= 15 is 0 Å². The van der Waals surface area contributed by atoms with Crippen molar-refractivity contribution in [3.8, 4) is 12.3 Å². The number of halogens is 1. The van der Waals surface area contributed by atoms with Crippen LogP contribution in [0.1, 0.15) is 11.1 Å². The Hall–Kier alpha value is -1.33. The highest BCUT2D eigenvalue weighted by molar-refractivity contribution is 5.34. The van der Waals surface area contributed by atoms with Crippen LogP contribution in [0.5, 0.6) is 0 Å². The molecule has 14 heavy (non-hydrogen) atoms. The van der Waals surface area contributed by atoms with Crippen molar-refractivity contribution in [3.05, 3.63) is 35.4 Å². The van der Waals surface area contributed by atoms with Gasteiger partial charge in [-0.2, -0.15) is 0 Å². The van der Waals surface area contributed by atoms with Crippen molar-refractivity contribution < 1.29 is 4.39 Å². The number of hydrogen-bond donors (Lipinski definition) is 0. The molecule has 1 fully saturated rings. The molecule has 0 aliphatic carbocycles. The maximum absolute atomic E-state index is 12.5. The Balaban J connectivity index is 1.94. The zero-order valence-electron chi connectivity index (χ0n) is 7.91. The van der Waals surface area contributed by atoms with Crippen LogP contribution >= 0.6 is 0 Å². The fourth-order valence-electron chi connectivity index (χ4n) is 1.60. The van der Waals surface area contributed by atoms with Gasteiger partial charge < -0.3 is 0 Å². The predicted octanol–water partition coefficient (Wildman–Crippen LogP) is 1.82. The van der Waals surface area contributed by atoms with Crippen LogP contribution in [0.2, 0.25) is 0 Å². The van der Waals surface area contributed by atoms with Gasteiger partial charge in [-0.05, 0) is 17.7 Å². The Morgan fingerprint density at radius 1 is 1.36 bits per heavy atom. The van der Waals surface area contributed by atoms with Crippen LogP contribution in [-0.2, 0) is 6.54 Å². The van der Waals surface area contributed by atoms with E-state index in [1.165, 1.54) is 5.56 Å². The average molecular weight is 189 g/mol. The summed E-state index contributed by atoms with van der Waals surface area (Å²) >= 11 is 0. The first kappa shape index (κ1) is 9.23. The minimum Gasteiger partial charge on any atom is -0.293 e. The monoisotopic (exact) mass is 189 g/mol. The molecule has 1 aromatic rings. The smallest absolute Gasteiger partial charge is 0.125 e. The Bertz CT molecular complexity index is 344. The normalized spacial score (nSPS) is 17.4. The van der Waals surface area contributed by atoms with E-state index in [4.69, 9.17) is 6.42 Å². The van der Waals surface area contributed by atoms with Gasteiger partial charge in [0.25, 0.3) is 0 Å². The summed E-state index contributed by atoms with van der Waals surface area (Å²) in [6.45, 7) is 1.96. The highest BCUT2D eigenvalue weighted by Crippen LogP contribution is 2.15. The van der Waals surface area contributed by atoms with Gasteiger partial charge in [0.1, 0.15) is 6.17 Å². The minimum absolute atomic E-state index is 0.566. The second-order valence-corrected chi connectivity index (χ2v) is 3.63. The van der Waals surface area contributed by atoms with E-state index in [1.807, 2.05) is 24.3 Å². The molecule has 0 bridgehead atoms. The minimum atomic E-state index is -0.625. The Labute approximate surface area is 83.5 Å². The van der Waals surface area contributed by atoms with Gasteiger partial charge in [0, 0.05) is 25.2 Å². The first-order valence-electron chi connectivity index (χ1n) is 4.70.